The Labute approximate surface area is 74.8 Å². The van der Waals surface area contributed by atoms with Crippen molar-refractivity contribution < 1.29 is 0 Å². The van der Waals surface area contributed by atoms with Gasteiger partial charge in [-0.2, -0.15) is 5.26 Å². The molecular formula is C11H17N. The Morgan fingerprint density at radius 1 is 1.17 bits per heavy atom. The zero-order valence-corrected chi connectivity index (χ0v) is 8.22. The van der Waals surface area contributed by atoms with Gasteiger partial charge < -0.3 is 0 Å². The van der Waals surface area contributed by atoms with Crippen LogP contribution in [-0.2, 0) is 0 Å². The molecule has 0 saturated heterocycles. The van der Waals surface area contributed by atoms with Crippen molar-refractivity contribution in [3.8, 4) is 6.07 Å². The van der Waals surface area contributed by atoms with Gasteiger partial charge in [0.15, 0.2) is 0 Å². The zero-order valence-electron chi connectivity index (χ0n) is 8.22. The predicted molar refractivity (Wildman–Crippen MR) is 48.3 cm³/mol. The highest BCUT2D eigenvalue weighted by molar-refractivity contribution is 5.27. The number of hydrogen-bond donors (Lipinski definition) is 0. The summed E-state index contributed by atoms with van der Waals surface area (Å²) in [6.45, 7) is 6.94. The molecule has 0 radical (unpaired) electrons. The van der Waals surface area contributed by atoms with Crippen LogP contribution in [0, 0.1) is 34.0 Å². The molecule has 3 saturated carbocycles. The minimum Gasteiger partial charge on any atom is -0.198 e. The molecule has 1 nitrogen and oxygen atoms in total. The summed E-state index contributed by atoms with van der Waals surface area (Å²) in [5.41, 5.74) is 0.729. The van der Waals surface area contributed by atoms with E-state index in [1.165, 1.54) is 19.3 Å². The van der Waals surface area contributed by atoms with E-state index in [2.05, 4.69) is 26.8 Å². The molecule has 0 heterocycles. The Morgan fingerprint density at radius 3 is 2.00 bits per heavy atom. The van der Waals surface area contributed by atoms with Crippen LogP contribution in [0.5, 0.6) is 0 Å². The minimum atomic E-state index is 0.142. The van der Waals surface area contributed by atoms with Gasteiger partial charge >= 0.3 is 0 Å². The third kappa shape index (κ3) is 0.736. The Kier molecular flexibility index (Phi) is 1.38. The van der Waals surface area contributed by atoms with Crippen LogP contribution in [0.1, 0.15) is 40.0 Å². The SMILES string of the molecule is CC(C)C(C)C12CC(C#N)(C1)C2. The van der Waals surface area contributed by atoms with Gasteiger partial charge in [0.25, 0.3) is 0 Å². The van der Waals surface area contributed by atoms with Crippen molar-refractivity contribution in [2.45, 2.75) is 40.0 Å². The molecule has 0 N–H and O–H groups in total. The van der Waals surface area contributed by atoms with Crippen LogP contribution in [-0.4, -0.2) is 0 Å². The van der Waals surface area contributed by atoms with Gasteiger partial charge in [-0.05, 0) is 36.5 Å². The van der Waals surface area contributed by atoms with Crippen molar-refractivity contribution in [3.63, 3.8) is 0 Å². The quantitative estimate of drug-likeness (QED) is 0.614. The van der Waals surface area contributed by atoms with Crippen molar-refractivity contribution in [2.75, 3.05) is 0 Å². The van der Waals surface area contributed by atoms with Crippen LogP contribution in [0.4, 0.5) is 0 Å². The van der Waals surface area contributed by atoms with Crippen molar-refractivity contribution in [1.29, 1.82) is 5.26 Å². The molecule has 0 aromatic rings. The third-order valence-corrected chi connectivity index (χ3v) is 4.27. The van der Waals surface area contributed by atoms with Crippen molar-refractivity contribution in [3.05, 3.63) is 0 Å². The molecule has 0 amide bonds. The lowest BCUT2D eigenvalue weighted by Gasteiger charge is -2.70. The van der Waals surface area contributed by atoms with E-state index in [9.17, 15) is 0 Å². The topological polar surface area (TPSA) is 23.8 Å². The summed E-state index contributed by atoms with van der Waals surface area (Å²) in [6, 6.07) is 2.46. The molecule has 66 valence electrons. The van der Waals surface area contributed by atoms with E-state index in [1.54, 1.807) is 0 Å². The van der Waals surface area contributed by atoms with E-state index in [0.29, 0.717) is 5.41 Å². The lowest BCUT2D eigenvalue weighted by molar-refractivity contribution is -0.205. The molecule has 3 aliphatic carbocycles. The van der Waals surface area contributed by atoms with Gasteiger partial charge in [0.2, 0.25) is 0 Å². The van der Waals surface area contributed by atoms with E-state index in [1.807, 2.05) is 0 Å². The lowest BCUT2D eigenvalue weighted by atomic mass is 9.32. The van der Waals surface area contributed by atoms with E-state index < -0.39 is 0 Å². The van der Waals surface area contributed by atoms with E-state index >= 15 is 0 Å². The third-order valence-electron chi connectivity index (χ3n) is 4.27. The Bertz CT molecular complexity index is 226. The second-order valence-electron chi connectivity index (χ2n) is 5.32. The van der Waals surface area contributed by atoms with E-state index in [-0.39, 0.29) is 5.41 Å². The molecule has 1 atom stereocenters. The Morgan fingerprint density at radius 2 is 1.67 bits per heavy atom. The first-order valence-corrected chi connectivity index (χ1v) is 4.95. The molecule has 0 aromatic carbocycles. The first kappa shape index (κ1) is 8.10. The second-order valence-corrected chi connectivity index (χ2v) is 5.32. The van der Waals surface area contributed by atoms with Crippen LogP contribution in [0.2, 0.25) is 0 Å². The number of hydrogen-bond acceptors (Lipinski definition) is 1. The van der Waals surface area contributed by atoms with E-state index in [0.717, 1.165) is 11.8 Å². The summed E-state index contributed by atoms with van der Waals surface area (Å²) < 4.78 is 0. The summed E-state index contributed by atoms with van der Waals surface area (Å²) in [7, 11) is 0. The molecule has 0 aliphatic heterocycles. The lowest BCUT2D eigenvalue weighted by Crippen LogP contribution is -2.64. The van der Waals surface area contributed by atoms with Gasteiger partial charge in [-0.3, -0.25) is 0 Å². The van der Waals surface area contributed by atoms with Crippen molar-refractivity contribution in [2.24, 2.45) is 22.7 Å². The highest BCUT2D eigenvalue weighted by atomic mass is 14.7. The molecular weight excluding hydrogens is 146 g/mol. The fraction of sp³-hybridized carbons (Fsp3) is 0.909. The molecule has 2 bridgehead atoms. The smallest absolute Gasteiger partial charge is 0.0690 e. The molecule has 0 aromatic heterocycles. The normalized spacial score (nSPS) is 45.9. The van der Waals surface area contributed by atoms with Crippen LogP contribution in [0.25, 0.3) is 0 Å². The van der Waals surface area contributed by atoms with Crippen LogP contribution < -0.4 is 0 Å². The summed E-state index contributed by atoms with van der Waals surface area (Å²) in [4.78, 5) is 0. The molecule has 3 rings (SSSR count). The molecule has 3 fully saturated rings. The largest absolute Gasteiger partial charge is 0.198 e. The Balaban J connectivity index is 2.00. The molecule has 1 unspecified atom stereocenters. The van der Waals surface area contributed by atoms with Crippen molar-refractivity contribution >= 4 is 0 Å². The molecule has 1 heteroatoms. The number of nitriles is 1. The number of nitrogens with zero attached hydrogens (tertiary/aromatic N) is 1. The fourth-order valence-electron chi connectivity index (χ4n) is 3.18. The van der Waals surface area contributed by atoms with Crippen LogP contribution in [0.15, 0.2) is 0 Å². The standard InChI is InChI=1S/C11H17N/c1-8(2)9(3)11-4-10(5-11,6-11)7-12/h8-9H,4-6H2,1-3H3. The van der Waals surface area contributed by atoms with Crippen LogP contribution in [0.3, 0.4) is 0 Å². The van der Waals surface area contributed by atoms with Crippen LogP contribution >= 0.6 is 0 Å². The second kappa shape index (κ2) is 2.05. The maximum atomic E-state index is 8.87. The fourth-order valence-corrected chi connectivity index (χ4v) is 3.18. The summed E-state index contributed by atoms with van der Waals surface area (Å²) in [5, 5.41) is 8.87. The van der Waals surface area contributed by atoms with E-state index in [4.69, 9.17) is 5.26 Å². The van der Waals surface area contributed by atoms with Gasteiger partial charge in [0.05, 0.1) is 11.5 Å². The zero-order chi connectivity index (χ0) is 8.98. The molecule has 3 aliphatic rings. The van der Waals surface area contributed by atoms with Crippen molar-refractivity contribution in [1.82, 2.24) is 0 Å². The highest BCUT2D eigenvalue weighted by Gasteiger charge is 2.70. The summed E-state index contributed by atoms with van der Waals surface area (Å²) >= 11 is 0. The minimum absolute atomic E-state index is 0.142. The Hall–Kier alpha value is -0.510. The van der Waals surface area contributed by atoms with Gasteiger partial charge in [-0.25, -0.2) is 0 Å². The molecule has 12 heavy (non-hydrogen) atoms. The average molecular weight is 163 g/mol. The predicted octanol–water partition coefficient (Wildman–Crippen LogP) is 2.97. The first-order chi connectivity index (χ1) is 5.54. The maximum Gasteiger partial charge on any atom is 0.0690 e. The first-order valence-electron chi connectivity index (χ1n) is 4.95. The number of rotatable bonds is 2. The highest BCUT2D eigenvalue weighted by Crippen LogP contribution is 2.76. The summed E-state index contributed by atoms with van der Waals surface area (Å²) in [6.07, 6.45) is 3.57. The van der Waals surface area contributed by atoms with Gasteiger partial charge in [-0.15, -0.1) is 0 Å². The van der Waals surface area contributed by atoms with Gasteiger partial charge in [-0.1, -0.05) is 20.8 Å². The van der Waals surface area contributed by atoms with Gasteiger partial charge in [0.1, 0.15) is 0 Å². The maximum absolute atomic E-state index is 8.87. The summed E-state index contributed by atoms with van der Waals surface area (Å²) in [5.74, 6) is 1.59. The molecule has 0 spiro atoms. The average Bonchev–Trinajstić information content (AvgIpc) is 1.82. The van der Waals surface area contributed by atoms with Gasteiger partial charge in [0, 0.05) is 0 Å². The monoisotopic (exact) mass is 163 g/mol.